The average molecular weight is 222 g/mol. The van der Waals surface area contributed by atoms with Crippen molar-refractivity contribution in [2.45, 2.75) is 33.2 Å². The summed E-state index contributed by atoms with van der Waals surface area (Å²) in [6.07, 6.45) is 2.60. The van der Waals surface area contributed by atoms with Gasteiger partial charge in [0.2, 0.25) is 5.91 Å². The van der Waals surface area contributed by atoms with Crippen molar-refractivity contribution < 1.29 is 4.79 Å². The molecule has 0 spiro atoms. The number of hydrogen-bond donors (Lipinski definition) is 2. The second-order valence-electron chi connectivity index (χ2n) is 3.65. The van der Waals surface area contributed by atoms with Gasteiger partial charge in [-0.2, -0.15) is 0 Å². The number of amides is 1. The van der Waals surface area contributed by atoms with Crippen LogP contribution in [0.25, 0.3) is 0 Å². The van der Waals surface area contributed by atoms with Crippen molar-refractivity contribution in [3.8, 4) is 0 Å². The second kappa shape index (κ2) is 6.05. The van der Waals surface area contributed by atoms with Crippen LogP contribution in [0.1, 0.15) is 26.1 Å². The molecule has 0 aliphatic heterocycles. The van der Waals surface area contributed by atoms with E-state index in [1.54, 1.807) is 12.3 Å². The third kappa shape index (κ3) is 3.84. The highest BCUT2D eigenvalue weighted by molar-refractivity contribution is 5.83. The van der Waals surface area contributed by atoms with Gasteiger partial charge in [-0.05, 0) is 26.3 Å². The number of hydrogen-bond acceptors (Lipinski definition) is 4. The predicted octanol–water partition coefficient (Wildman–Crippen LogP) is 1.11. The highest BCUT2D eigenvalue weighted by Crippen LogP contribution is 2.03. The Kier molecular flexibility index (Phi) is 4.69. The average Bonchev–Trinajstić information content (AvgIpc) is 2.25. The highest BCUT2D eigenvalue weighted by Gasteiger charge is 2.11. The standard InChI is InChI=1S/C11H18N4O/c1-4-6-13-11(16)8(2)14-10-5-7-12-9(3)15-10/h5,7-8H,4,6H2,1-3H3,(H,13,16)(H,12,14,15). The molecule has 0 aliphatic rings. The Bertz CT molecular complexity index is 354. The minimum absolute atomic E-state index is 0.0156. The molecule has 1 unspecified atom stereocenters. The molecule has 2 N–H and O–H groups in total. The Morgan fingerprint density at radius 1 is 1.56 bits per heavy atom. The smallest absolute Gasteiger partial charge is 0.242 e. The lowest BCUT2D eigenvalue weighted by Crippen LogP contribution is -2.38. The van der Waals surface area contributed by atoms with Crippen LogP contribution in [0.2, 0.25) is 0 Å². The Morgan fingerprint density at radius 2 is 2.31 bits per heavy atom. The van der Waals surface area contributed by atoms with Gasteiger partial charge < -0.3 is 10.6 Å². The Morgan fingerprint density at radius 3 is 2.94 bits per heavy atom. The zero-order valence-electron chi connectivity index (χ0n) is 9.95. The van der Waals surface area contributed by atoms with Crippen LogP contribution in [0.5, 0.6) is 0 Å². The van der Waals surface area contributed by atoms with Crippen molar-refractivity contribution in [3.05, 3.63) is 18.1 Å². The molecular formula is C11H18N4O. The summed E-state index contributed by atoms with van der Waals surface area (Å²) in [5.41, 5.74) is 0. The van der Waals surface area contributed by atoms with Crippen LogP contribution in [-0.4, -0.2) is 28.5 Å². The summed E-state index contributed by atoms with van der Waals surface area (Å²) in [6.45, 7) is 6.34. The SMILES string of the molecule is CCCNC(=O)C(C)Nc1ccnc(C)n1. The molecule has 1 atom stereocenters. The van der Waals surface area contributed by atoms with Gasteiger partial charge in [-0.15, -0.1) is 0 Å². The summed E-state index contributed by atoms with van der Waals surface area (Å²) in [4.78, 5) is 19.7. The van der Waals surface area contributed by atoms with Gasteiger partial charge in [0.25, 0.3) is 0 Å². The molecule has 0 aliphatic carbocycles. The number of nitrogens with one attached hydrogen (secondary N) is 2. The molecule has 1 amide bonds. The first-order valence-electron chi connectivity index (χ1n) is 5.47. The molecule has 0 saturated carbocycles. The monoisotopic (exact) mass is 222 g/mol. The lowest BCUT2D eigenvalue weighted by atomic mass is 10.3. The van der Waals surface area contributed by atoms with Crippen molar-refractivity contribution in [3.63, 3.8) is 0 Å². The maximum atomic E-state index is 11.6. The molecule has 1 rings (SSSR count). The summed E-state index contributed by atoms with van der Waals surface area (Å²) in [5.74, 6) is 1.34. The minimum Gasteiger partial charge on any atom is -0.359 e. The Labute approximate surface area is 95.7 Å². The fraction of sp³-hybridized carbons (Fsp3) is 0.545. The van der Waals surface area contributed by atoms with Gasteiger partial charge in [-0.3, -0.25) is 4.79 Å². The zero-order chi connectivity index (χ0) is 12.0. The molecule has 0 fully saturated rings. The molecule has 0 saturated heterocycles. The topological polar surface area (TPSA) is 66.9 Å². The fourth-order valence-electron chi connectivity index (χ4n) is 1.23. The van der Waals surface area contributed by atoms with E-state index < -0.39 is 0 Å². The van der Waals surface area contributed by atoms with E-state index in [4.69, 9.17) is 0 Å². The van der Waals surface area contributed by atoms with Crippen LogP contribution in [0.4, 0.5) is 5.82 Å². The molecule has 0 bridgehead atoms. The normalized spacial score (nSPS) is 11.9. The van der Waals surface area contributed by atoms with Crippen molar-refractivity contribution in [1.82, 2.24) is 15.3 Å². The summed E-state index contributed by atoms with van der Waals surface area (Å²) in [5, 5.41) is 5.85. The molecule has 0 aromatic carbocycles. The lowest BCUT2D eigenvalue weighted by Gasteiger charge is -2.14. The maximum absolute atomic E-state index is 11.6. The van der Waals surface area contributed by atoms with Gasteiger partial charge >= 0.3 is 0 Å². The van der Waals surface area contributed by atoms with Crippen LogP contribution < -0.4 is 10.6 Å². The zero-order valence-corrected chi connectivity index (χ0v) is 9.95. The van der Waals surface area contributed by atoms with Gasteiger partial charge in [0, 0.05) is 12.7 Å². The molecule has 5 nitrogen and oxygen atoms in total. The number of rotatable bonds is 5. The van der Waals surface area contributed by atoms with Crippen LogP contribution >= 0.6 is 0 Å². The van der Waals surface area contributed by atoms with Crippen molar-refractivity contribution >= 4 is 11.7 Å². The maximum Gasteiger partial charge on any atom is 0.242 e. The van der Waals surface area contributed by atoms with E-state index in [-0.39, 0.29) is 11.9 Å². The largest absolute Gasteiger partial charge is 0.359 e. The molecule has 1 aromatic rings. The van der Waals surface area contributed by atoms with Crippen LogP contribution in [-0.2, 0) is 4.79 Å². The van der Waals surface area contributed by atoms with Gasteiger partial charge in [0.1, 0.15) is 17.7 Å². The van der Waals surface area contributed by atoms with Gasteiger partial charge in [-0.1, -0.05) is 6.92 Å². The van der Waals surface area contributed by atoms with E-state index >= 15 is 0 Å². The summed E-state index contributed by atoms with van der Waals surface area (Å²) < 4.78 is 0. The number of carbonyl (C=O) groups is 1. The van der Waals surface area contributed by atoms with Crippen LogP contribution in [0.15, 0.2) is 12.3 Å². The quantitative estimate of drug-likeness (QED) is 0.783. The van der Waals surface area contributed by atoms with Gasteiger partial charge in [0.15, 0.2) is 0 Å². The number of anilines is 1. The van der Waals surface area contributed by atoms with Crippen molar-refractivity contribution in [2.24, 2.45) is 0 Å². The first-order valence-corrected chi connectivity index (χ1v) is 5.47. The van der Waals surface area contributed by atoms with Gasteiger partial charge in [-0.25, -0.2) is 9.97 Å². The fourth-order valence-corrected chi connectivity index (χ4v) is 1.23. The van der Waals surface area contributed by atoms with E-state index in [1.807, 2.05) is 20.8 Å². The second-order valence-corrected chi connectivity index (χ2v) is 3.65. The molecule has 0 radical (unpaired) electrons. The predicted molar refractivity (Wildman–Crippen MR) is 63.2 cm³/mol. The third-order valence-corrected chi connectivity index (χ3v) is 2.08. The first-order chi connectivity index (χ1) is 7.63. The summed E-state index contributed by atoms with van der Waals surface area (Å²) in [6, 6.07) is 1.46. The first kappa shape index (κ1) is 12.4. The highest BCUT2D eigenvalue weighted by atomic mass is 16.2. The molecule has 88 valence electrons. The summed E-state index contributed by atoms with van der Waals surface area (Å²) in [7, 11) is 0. The minimum atomic E-state index is -0.291. The van der Waals surface area contributed by atoms with Crippen molar-refractivity contribution in [1.29, 1.82) is 0 Å². The molecule has 1 heterocycles. The lowest BCUT2D eigenvalue weighted by molar-refractivity contribution is -0.121. The van der Waals surface area contributed by atoms with Crippen molar-refractivity contribution in [2.75, 3.05) is 11.9 Å². The number of aryl methyl sites for hydroxylation is 1. The molecule has 5 heteroatoms. The van der Waals surface area contributed by atoms with Crippen LogP contribution in [0.3, 0.4) is 0 Å². The van der Waals surface area contributed by atoms with E-state index in [2.05, 4.69) is 20.6 Å². The van der Waals surface area contributed by atoms with Crippen LogP contribution in [0, 0.1) is 6.92 Å². The molecule has 1 aromatic heterocycles. The van der Waals surface area contributed by atoms with E-state index in [0.717, 1.165) is 6.42 Å². The number of nitrogens with zero attached hydrogens (tertiary/aromatic N) is 2. The molecule has 16 heavy (non-hydrogen) atoms. The Balaban J connectivity index is 2.50. The number of aromatic nitrogens is 2. The summed E-state index contributed by atoms with van der Waals surface area (Å²) >= 11 is 0. The Hall–Kier alpha value is -1.65. The number of carbonyl (C=O) groups excluding carboxylic acids is 1. The third-order valence-electron chi connectivity index (χ3n) is 2.08. The molecular weight excluding hydrogens is 204 g/mol. The van der Waals surface area contributed by atoms with Gasteiger partial charge in [0.05, 0.1) is 0 Å². The van der Waals surface area contributed by atoms with E-state index in [1.165, 1.54) is 0 Å². The van der Waals surface area contributed by atoms with E-state index in [0.29, 0.717) is 18.2 Å². The van der Waals surface area contributed by atoms with E-state index in [9.17, 15) is 4.79 Å².